The van der Waals surface area contributed by atoms with E-state index in [2.05, 4.69) is 36.4 Å². The van der Waals surface area contributed by atoms with Crippen LogP contribution in [0.2, 0.25) is 0 Å². The van der Waals surface area contributed by atoms with Crippen molar-refractivity contribution in [2.75, 3.05) is 12.4 Å². The summed E-state index contributed by atoms with van der Waals surface area (Å²) in [4.78, 5) is 28.1. The highest BCUT2D eigenvalue weighted by Crippen LogP contribution is 2.28. The molecule has 0 fully saturated rings. The van der Waals surface area contributed by atoms with Crippen LogP contribution < -0.4 is 10.6 Å². The number of esters is 1. The summed E-state index contributed by atoms with van der Waals surface area (Å²) < 4.78 is 4.95. The van der Waals surface area contributed by atoms with Crippen LogP contribution in [0.25, 0.3) is 10.9 Å². The lowest BCUT2D eigenvalue weighted by atomic mass is 9.87. The Labute approximate surface area is 170 Å². The Kier molecular flexibility index (Phi) is 5.64. The van der Waals surface area contributed by atoms with Crippen molar-refractivity contribution in [3.05, 3.63) is 65.4 Å². The van der Waals surface area contributed by atoms with Gasteiger partial charge in [-0.3, -0.25) is 0 Å². The fourth-order valence-corrected chi connectivity index (χ4v) is 3.30. The highest BCUT2D eigenvalue weighted by atomic mass is 16.5. The molecule has 6 heteroatoms. The van der Waals surface area contributed by atoms with E-state index in [0.717, 1.165) is 10.9 Å². The van der Waals surface area contributed by atoms with E-state index in [-0.39, 0.29) is 11.4 Å². The Morgan fingerprint density at radius 2 is 1.69 bits per heavy atom. The Morgan fingerprint density at radius 1 is 1.03 bits per heavy atom. The summed E-state index contributed by atoms with van der Waals surface area (Å²) in [6.07, 6.45) is 0. The standard InChI is InChI=1S/C23H27N3O3/c1-14(20-19(21(27)29-5)17-8-6-7-9-18(17)26-20)24-22(28)25-16-12-10-15(11-13-16)23(2,3)4/h6-14,26H,1-5H3,(H2,24,25,28)/t14-/m0/s1. The highest BCUT2D eigenvalue weighted by molar-refractivity contribution is 6.06. The van der Waals surface area contributed by atoms with E-state index < -0.39 is 12.0 Å². The van der Waals surface area contributed by atoms with Crippen LogP contribution in [0.1, 0.15) is 55.4 Å². The first-order chi connectivity index (χ1) is 13.7. The van der Waals surface area contributed by atoms with Crippen LogP contribution in [0.3, 0.4) is 0 Å². The predicted molar refractivity (Wildman–Crippen MR) is 115 cm³/mol. The fourth-order valence-electron chi connectivity index (χ4n) is 3.30. The van der Waals surface area contributed by atoms with Crippen molar-refractivity contribution in [3.8, 4) is 0 Å². The van der Waals surface area contributed by atoms with Gasteiger partial charge in [-0.05, 0) is 36.1 Å². The number of aromatic amines is 1. The summed E-state index contributed by atoms with van der Waals surface area (Å²) in [5.41, 5.74) is 3.80. The van der Waals surface area contributed by atoms with E-state index in [0.29, 0.717) is 16.9 Å². The second-order valence-electron chi connectivity index (χ2n) is 8.10. The second-order valence-corrected chi connectivity index (χ2v) is 8.10. The van der Waals surface area contributed by atoms with Gasteiger partial charge in [0.2, 0.25) is 0 Å². The van der Waals surface area contributed by atoms with Gasteiger partial charge in [-0.2, -0.15) is 0 Å². The molecular formula is C23H27N3O3. The van der Waals surface area contributed by atoms with E-state index in [1.54, 1.807) is 0 Å². The molecular weight excluding hydrogens is 366 g/mol. The minimum absolute atomic E-state index is 0.0508. The lowest BCUT2D eigenvalue weighted by Gasteiger charge is -2.19. The number of benzene rings is 2. The van der Waals surface area contributed by atoms with Gasteiger partial charge in [0.05, 0.1) is 24.4 Å². The summed E-state index contributed by atoms with van der Waals surface area (Å²) in [6.45, 7) is 8.24. The van der Waals surface area contributed by atoms with Gasteiger partial charge in [-0.25, -0.2) is 9.59 Å². The Bertz CT molecular complexity index is 1030. The van der Waals surface area contributed by atoms with Crippen molar-refractivity contribution in [3.63, 3.8) is 0 Å². The van der Waals surface area contributed by atoms with Crippen molar-refractivity contribution < 1.29 is 14.3 Å². The average Bonchev–Trinajstić information content (AvgIpc) is 3.06. The molecule has 6 nitrogen and oxygen atoms in total. The van der Waals surface area contributed by atoms with E-state index in [4.69, 9.17) is 4.74 Å². The molecule has 1 atom stereocenters. The monoisotopic (exact) mass is 393 g/mol. The van der Waals surface area contributed by atoms with Gasteiger partial charge in [0.15, 0.2) is 0 Å². The summed E-state index contributed by atoms with van der Waals surface area (Å²) in [6, 6.07) is 14.5. The predicted octanol–water partition coefficient (Wildman–Crippen LogP) is 5.13. The number of hydrogen-bond acceptors (Lipinski definition) is 3. The third kappa shape index (κ3) is 4.42. The van der Waals surface area contributed by atoms with Gasteiger partial charge in [-0.15, -0.1) is 0 Å². The molecule has 0 spiro atoms. The SMILES string of the molecule is COC(=O)c1c([C@H](C)NC(=O)Nc2ccc(C(C)(C)C)cc2)[nH]c2ccccc12. The normalized spacial score (nSPS) is 12.4. The molecule has 0 aliphatic heterocycles. The maximum absolute atomic E-state index is 12.5. The third-order valence-corrected chi connectivity index (χ3v) is 4.91. The molecule has 0 bridgehead atoms. The number of aromatic nitrogens is 1. The molecule has 29 heavy (non-hydrogen) atoms. The number of amides is 2. The molecule has 3 rings (SSSR count). The Balaban J connectivity index is 1.77. The molecule has 3 aromatic rings. The summed E-state index contributed by atoms with van der Waals surface area (Å²) >= 11 is 0. The lowest BCUT2D eigenvalue weighted by Crippen LogP contribution is -2.32. The maximum Gasteiger partial charge on any atom is 0.340 e. The quantitative estimate of drug-likeness (QED) is 0.537. The van der Waals surface area contributed by atoms with Gasteiger partial charge in [0, 0.05) is 16.6 Å². The molecule has 0 radical (unpaired) electrons. The number of carbonyl (C=O) groups is 2. The van der Waals surface area contributed by atoms with Crippen LogP contribution in [0.5, 0.6) is 0 Å². The zero-order chi connectivity index (χ0) is 21.2. The molecule has 2 amide bonds. The van der Waals surface area contributed by atoms with Crippen molar-refractivity contribution in [1.82, 2.24) is 10.3 Å². The van der Waals surface area contributed by atoms with Crippen LogP contribution >= 0.6 is 0 Å². The molecule has 3 N–H and O–H groups in total. The summed E-state index contributed by atoms with van der Waals surface area (Å²) in [5.74, 6) is -0.440. The zero-order valence-corrected chi connectivity index (χ0v) is 17.4. The minimum Gasteiger partial charge on any atom is -0.465 e. The molecule has 0 saturated heterocycles. The number of methoxy groups -OCH3 is 1. The molecule has 0 unspecified atom stereocenters. The number of anilines is 1. The lowest BCUT2D eigenvalue weighted by molar-refractivity contribution is 0.0601. The zero-order valence-electron chi connectivity index (χ0n) is 17.4. The smallest absolute Gasteiger partial charge is 0.340 e. The van der Waals surface area contributed by atoms with Crippen molar-refractivity contribution in [2.24, 2.45) is 0 Å². The van der Waals surface area contributed by atoms with Crippen LogP contribution in [0.15, 0.2) is 48.5 Å². The Morgan fingerprint density at radius 3 is 2.31 bits per heavy atom. The molecule has 2 aromatic carbocycles. The van der Waals surface area contributed by atoms with Gasteiger partial charge in [-0.1, -0.05) is 51.1 Å². The van der Waals surface area contributed by atoms with Crippen LogP contribution in [0.4, 0.5) is 10.5 Å². The Hall–Kier alpha value is -3.28. The topological polar surface area (TPSA) is 83.2 Å². The van der Waals surface area contributed by atoms with Crippen molar-refractivity contribution in [1.29, 1.82) is 0 Å². The van der Waals surface area contributed by atoms with E-state index >= 15 is 0 Å². The van der Waals surface area contributed by atoms with Gasteiger partial charge < -0.3 is 20.4 Å². The molecule has 0 saturated carbocycles. The first-order valence-corrected chi connectivity index (χ1v) is 9.57. The number of ether oxygens (including phenoxy) is 1. The maximum atomic E-state index is 12.5. The van der Waals surface area contributed by atoms with Gasteiger partial charge >= 0.3 is 12.0 Å². The van der Waals surface area contributed by atoms with Crippen molar-refractivity contribution in [2.45, 2.75) is 39.2 Å². The van der Waals surface area contributed by atoms with E-state index in [1.165, 1.54) is 12.7 Å². The fraction of sp³-hybridized carbons (Fsp3) is 0.304. The molecule has 152 valence electrons. The van der Waals surface area contributed by atoms with Crippen LogP contribution in [0, 0.1) is 0 Å². The highest BCUT2D eigenvalue weighted by Gasteiger charge is 2.23. The minimum atomic E-state index is -0.440. The number of H-pyrrole nitrogens is 1. The van der Waals surface area contributed by atoms with Crippen molar-refractivity contribution >= 4 is 28.6 Å². The summed E-state index contributed by atoms with van der Waals surface area (Å²) in [7, 11) is 1.35. The molecule has 1 aromatic heterocycles. The number of carbonyl (C=O) groups excluding carboxylic acids is 2. The average molecular weight is 393 g/mol. The first kappa shape index (κ1) is 20.5. The first-order valence-electron chi connectivity index (χ1n) is 9.57. The number of nitrogens with one attached hydrogen (secondary N) is 3. The molecule has 1 heterocycles. The molecule has 0 aliphatic rings. The number of urea groups is 1. The van der Waals surface area contributed by atoms with Gasteiger partial charge in [0.25, 0.3) is 0 Å². The largest absolute Gasteiger partial charge is 0.465 e. The number of fused-ring (bicyclic) bond motifs is 1. The van der Waals surface area contributed by atoms with E-state index in [9.17, 15) is 9.59 Å². The number of rotatable bonds is 4. The van der Waals surface area contributed by atoms with Gasteiger partial charge in [0.1, 0.15) is 0 Å². The van der Waals surface area contributed by atoms with Crippen LogP contribution in [-0.2, 0) is 10.2 Å². The molecule has 0 aliphatic carbocycles. The van der Waals surface area contributed by atoms with Crippen LogP contribution in [-0.4, -0.2) is 24.1 Å². The number of para-hydroxylation sites is 1. The summed E-state index contributed by atoms with van der Waals surface area (Å²) in [5, 5.41) is 6.48. The third-order valence-electron chi connectivity index (χ3n) is 4.91. The second kappa shape index (κ2) is 7.99. The van der Waals surface area contributed by atoms with E-state index in [1.807, 2.05) is 55.5 Å². The number of hydrogen-bond donors (Lipinski definition) is 3.